The highest BCUT2D eigenvalue weighted by Crippen LogP contribution is 2.12. The van der Waals surface area contributed by atoms with E-state index >= 15 is 0 Å². The van der Waals surface area contributed by atoms with Crippen LogP contribution in [0.15, 0.2) is 30.3 Å². The molecule has 1 heterocycles. The van der Waals surface area contributed by atoms with Crippen LogP contribution in [-0.4, -0.2) is 36.1 Å². The molecule has 6 nitrogen and oxygen atoms in total. The molecule has 2 aromatic rings. The molecule has 0 saturated carbocycles. The monoisotopic (exact) mass is 356 g/mol. The molecule has 0 atom stereocenters. The second-order valence-electron chi connectivity index (χ2n) is 6.21. The van der Waals surface area contributed by atoms with Gasteiger partial charge in [-0.25, -0.2) is 9.97 Å². The number of carbonyl (C=O) groups is 1. The summed E-state index contributed by atoms with van der Waals surface area (Å²) in [5.41, 5.74) is 2.37. The third kappa shape index (κ3) is 6.35. The average Bonchev–Trinajstić information content (AvgIpc) is 2.65. The van der Waals surface area contributed by atoms with Crippen molar-refractivity contribution < 1.29 is 9.53 Å². The van der Waals surface area contributed by atoms with Crippen LogP contribution < -0.4 is 15.4 Å². The zero-order chi connectivity index (χ0) is 18.8. The summed E-state index contributed by atoms with van der Waals surface area (Å²) in [6.07, 6.45) is 4.06. The van der Waals surface area contributed by atoms with Crippen molar-refractivity contribution in [3.63, 3.8) is 0 Å². The number of ether oxygens (including phenoxy) is 1. The molecule has 0 aliphatic rings. The number of methoxy groups -OCH3 is 1. The van der Waals surface area contributed by atoms with Crippen LogP contribution in [0.3, 0.4) is 0 Å². The Morgan fingerprint density at radius 3 is 2.58 bits per heavy atom. The van der Waals surface area contributed by atoms with Crippen molar-refractivity contribution >= 4 is 11.9 Å². The number of aryl methyl sites for hydroxylation is 1. The maximum atomic E-state index is 12.2. The largest absolute Gasteiger partial charge is 0.497 e. The molecule has 0 unspecified atom stereocenters. The fraction of sp³-hybridized carbons (Fsp3) is 0.450. The van der Waals surface area contributed by atoms with Gasteiger partial charge in [-0.3, -0.25) is 4.79 Å². The standard InChI is InChI=1S/C20H28N4O2/c1-4-5-6-12-21-19(25)18-14-15(2)23-20(24-18)22-13-11-16-7-9-17(26-3)10-8-16/h7-10,14H,4-6,11-13H2,1-3H3,(H,21,25)(H,22,23,24). The predicted molar refractivity (Wildman–Crippen MR) is 104 cm³/mol. The summed E-state index contributed by atoms with van der Waals surface area (Å²) in [6.45, 7) is 5.37. The van der Waals surface area contributed by atoms with Gasteiger partial charge in [0.15, 0.2) is 0 Å². The number of rotatable bonds is 10. The van der Waals surface area contributed by atoms with Gasteiger partial charge in [0, 0.05) is 18.8 Å². The Balaban J connectivity index is 1.88. The second-order valence-corrected chi connectivity index (χ2v) is 6.21. The Bertz CT molecular complexity index is 701. The second kappa shape index (κ2) is 10.4. The van der Waals surface area contributed by atoms with Gasteiger partial charge in [0.05, 0.1) is 7.11 Å². The van der Waals surface area contributed by atoms with Crippen molar-refractivity contribution in [3.8, 4) is 5.75 Å². The number of hydrogen-bond acceptors (Lipinski definition) is 5. The summed E-state index contributed by atoms with van der Waals surface area (Å²) in [6, 6.07) is 9.67. The molecule has 0 aliphatic heterocycles. The number of benzene rings is 1. The molecule has 26 heavy (non-hydrogen) atoms. The third-order valence-electron chi connectivity index (χ3n) is 4.01. The fourth-order valence-corrected chi connectivity index (χ4v) is 2.54. The minimum atomic E-state index is -0.148. The lowest BCUT2D eigenvalue weighted by Gasteiger charge is -2.09. The summed E-state index contributed by atoms with van der Waals surface area (Å²) in [5.74, 6) is 1.18. The SMILES string of the molecule is CCCCCNC(=O)c1cc(C)nc(NCCc2ccc(OC)cc2)n1. The molecular formula is C20H28N4O2. The lowest BCUT2D eigenvalue weighted by Crippen LogP contribution is -2.26. The van der Waals surface area contributed by atoms with Crippen LogP contribution in [0.5, 0.6) is 5.75 Å². The number of amides is 1. The molecule has 2 rings (SSSR count). The topological polar surface area (TPSA) is 76.1 Å². The molecule has 0 aliphatic carbocycles. The normalized spacial score (nSPS) is 10.4. The van der Waals surface area contributed by atoms with E-state index < -0.39 is 0 Å². The molecule has 0 radical (unpaired) electrons. The van der Waals surface area contributed by atoms with Crippen molar-refractivity contribution in [2.45, 2.75) is 39.5 Å². The van der Waals surface area contributed by atoms with Gasteiger partial charge in [-0.05, 0) is 43.5 Å². The summed E-state index contributed by atoms with van der Waals surface area (Å²) in [7, 11) is 1.66. The molecule has 0 fully saturated rings. The van der Waals surface area contributed by atoms with Gasteiger partial charge in [0.1, 0.15) is 11.4 Å². The van der Waals surface area contributed by atoms with E-state index in [0.717, 1.165) is 37.1 Å². The van der Waals surface area contributed by atoms with Crippen LogP contribution in [0.1, 0.15) is 47.9 Å². The Morgan fingerprint density at radius 1 is 1.12 bits per heavy atom. The molecule has 2 N–H and O–H groups in total. The Morgan fingerprint density at radius 2 is 1.88 bits per heavy atom. The van der Waals surface area contributed by atoms with E-state index in [4.69, 9.17) is 4.74 Å². The van der Waals surface area contributed by atoms with E-state index in [1.165, 1.54) is 5.56 Å². The quantitative estimate of drug-likeness (QED) is 0.638. The summed E-state index contributed by atoms with van der Waals surface area (Å²) < 4.78 is 5.16. The molecule has 0 spiro atoms. The predicted octanol–water partition coefficient (Wildman–Crippen LogP) is 3.37. The zero-order valence-electron chi connectivity index (χ0n) is 15.8. The summed E-state index contributed by atoms with van der Waals surface area (Å²) in [4.78, 5) is 20.9. The van der Waals surface area contributed by atoms with Gasteiger partial charge in [-0.1, -0.05) is 31.9 Å². The average molecular weight is 356 g/mol. The molecule has 1 amide bonds. The van der Waals surface area contributed by atoms with E-state index in [-0.39, 0.29) is 5.91 Å². The summed E-state index contributed by atoms with van der Waals surface area (Å²) >= 11 is 0. The van der Waals surface area contributed by atoms with Crippen molar-refractivity contribution in [2.24, 2.45) is 0 Å². The smallest absolute Gasteiger partial charge is 0.270 e. The number of nitrogens with zero attached hydrogens (tertiary/aromatic N) is 2. The Kier molecular flexibility index (Phi) is 7.86. The van der Waals surface area contributed by atoms with Crippen molar-refractivity contribution in [3.05, 3.63) is 47.3 Å². The number of nitrogens with one attached hydrogen (secondary N) is 2. The van der Waals surface area contributed by atoms with E-state index in [2.05, 4.69) is 27.5 Å². The van der Waals surface area contributed by atoms with Gasteiger partial charge in [-0.2, -0.15) is 0 Å². The lowest BCUT2D eigenvalue weighted by molar-refractivity contribution is 0.0948. The highest BCUT2D eigenvalue weighted by molar-refractivity contribution is 5.92. The highest BCUT2D eigenvalue weighted by Gasteiger charge is 2.10. The first-order valence-corrected chi connectivity index (χ1v) is 9.13. The van der Waals surface area contributed by atoms with Crippen LogP contribution in [0, 0.1) is 6.92 Å². The third-order valence-corrected chi connectivity index (χ3v) is 4.01. The first-order valence-electron chi connectivity index (χ1n) is 9.13. The molecular weight excluding hydrogens is 328 g/mol. The zero-order valence-corrected chi connectivity index (χ0v) is 15.8. The minimum Gasteiger partial charge on any atom is -0.497 e. The van der Waals surface area contributed by atoms with Crippen LogP contribution in [0.2, 0.25) is 0 Å². The van der Waals surface area contributed by atoms with Crippen molar-refractivity contribution in [2.75, 3.05) is 25.5 Å². The number of unbranched alkanes of at least 4 members (excludes halogenated alkanes) is 2. The van der Waals surface area contributed by atoms with Crippen LogP contribution in [0.4, 0.5) is 5.95 Å². The highest BCUT2D eigenvalue weighted by atomic mass is 16.5. The molecule has 1 aromatic carbocycles. The Labute approximate surface area is 155 Å². The van der Waals surface area contributed by atoms with E-state index in [9.17, 15) is 4.79 Å². The minimum absolute atomic E-state index is 0.148. The number of hydrogen-bond donors (Lipinski definition) is 2. The van der Waals surface area contributed by atoms with E-state index in [1.807, 2.05) is 31.2 Å². The van der Waals surface area contributed by atoms with Crippen LogP contribution in [0.25, 0.3) is 0 Å². The van der Waals surface area contributed by atoms with Gasteiger partial charge in [-0.15, -0.1) is 0 Å². The number of aromatic nitrogens is 2. The van der Waals surface area contributed by atoms with Crippen molar-refractivity contribution in [1.82, 2.24) is 15.3 Å². The number of anilines is 1. The first-order chi connectivity index (χ1) is 12.6. The van der Waals surface area contributed by atoms with Gasteiger partial charge < -0.3 is 15.4 Å². The van der Waals surface area contributed by atoms with Crippen molar-refractivity contribution in [1.29, 1.82) is 0 Å². The van der Waals surface area contributed by atoms with Gasteiger partial charge in [0.2, 0.25) is 5.95 Å². The van der Waals surface area contributed by atoms with Gasteiger partial charge in [0.25, 0.3) is 5.91 Å². The van der Waals surface area contributed by atoms with Gasteiger partial charge >= 0.3 is 0 Å². The van der Waals surface area contributed by atoms with E-state index in [1.54, 1.807) is 13.2 Å². The lowest BCUT2D eigenvalue weighted by atomic mass is 10.1. The fourth-order valence-electron chi connectivity index (χ4n) is 2.54. The number of carbonyl (C=O) groups excluding carboxylic acids is 1. The Hall–Kier alpha value is -2.63. The molecule has 1 aromatic heterocycles. The van der Waals surface area contributed by atoms with Crippen LogP contribution in [-0.2, 0) is 6.42 Å². The molecule has 0 bridgehead atoms. The summed E-state index contributed by atoms with van der Waals surface area (Å²) in [5, 5.41) is 6.11. The molecule has 0 saturated heterocycles. The van der Waals surface area contributed by atoms with E-state index in [0.29, 0.717) is 24.7 Å². The molecule has 140 valence electrons. The van der Waals surface area contributed by atoms with Crippen LogP contribution >= 0.6 is 0 Å². The first kappa shape index (κ1) is 19.7. The molecule has 6 heteroatoms. The maximum absolute atomic E-state index is 12.2. The maximum Gasteiger partial charge on any atom is 0.270 e.